The Bertz CT molecular complexity index is 280. The number of nitrogens with one attached hydrogen (secondary N) is 1. The van der Waals surface area contributed by atoms with E-state index in [2.05, 4.69) is 5.32 Å². The first-order valence-electron chi connectivity index (χ1n) is 7.81. The van der Waals surface area contributed by atoms with Gasteiger partial charge in [-0.05, 0) is 38.5 Å². The second-order valence-electron chi connectivity index (χ2n) is 6.73. The maximum absolute atomic E-state index is 10.3. The minimum Gasteiger partial charge on any atom is -0.389 e. The van der Waals surface area contributed by atoms with E-state index < -0.39 is 5.60 Å². The molecule has 0 radical (unpaired) electrons. The predicted octanol–water partition coefficient (Wildman–Crippen LogP) is 2.37. The molecule has 1 atom stereocenters. The van der Waals surface area contributed by atoms with Crippen LogP contribution in [0.15, 0.2) is 0 Å². The summed E-state index contributed by atoms with van der Waals surface area (Å²) in [7, 11) is 0. The molecule has 0 bridgehead atoms. The lowest BCUT2D eigenvalue weighted by Crippen LogP contribution is -2.41. The molecule has 2 N–H and O–H groups in total. The molecule has 1 spiro atoms. The van der Waals surface area contributed by atoms with E-state index in [0.717, 1.165) is 25.9 Å². The Labute approximate surface area is 110 Å². The zero-order chi connectivity index (χ0) is 12.5. The molecule has 3 fully saturated rings. The molecule has 18 heavy (non-hydrogen) atoms. The molecule has 2 saturated carbocycles. The van der Waals surface area contributed by atoms with Crippen molar-refractivity contribution in [1.29, 1.82) is 0 Å². The number of hydrogen-bond acceptors (Lipinski definition) is 3. The van der Waals surface area contributed by atoms with Gasteiger partial charge in [0.1, 0.15) is 0 Å². The molecule has 104 valence electrons. The third-order valence-electron chi connectivity index (χ3n) is 5.21. The molecule has 1 saturated heterocycles. The molecular weight excluding hydrogens is 226 g/mol. The van der Waals surface area contributed by atoms with E-state index in [-0.39, 0.29) is 5.60 Å². The Morgan fingerprint density at radius 1 is 1.00 bits per heavy atom. The van der Waals surface area contributed by atoms with Gasteiger partial charge >= 0.3 is 0 Å². The molecule has 1 unspecified atom stereocenters. The van der Waals surface area contributed by atoms with Crippen molar-refractivity contribution in [3.63, 3.8) is 0 Å². The summed E-state index contributed by atoms with van der Waals surface area (Å²) in [5.41, 5.74) is -0.180. The predicted molar refractivity (Wildman–Crippen MR) is 71.6 cm³/mol. The van der Waals surface area contributed by atoms with Crippen molar-refractivity contribution in [3.8, 4) is 0 Å². The average Bonchev–Trinajstić information content (AvgIpc) is 3.05. The molecule has 3 heteroatoms. The van der Waals surface area contributed by atoms with Gasteiger partial charge in [-0.25, -0.2) is 0 Å². The van der Waals surface area contributed by atoms with Crippen molar-refractivity contribution < 1.29 is 9.84 Å². The molecule has 0 aromatic rings. The highest BCUT2D eigenvalue weighted by Crippen LogP contribution is 2.43. The van der Waals surface area contributed by atoms with Gasteiger partial charge in [0, 0.05) is 13.1 Å². The van der Waals surface area contributed by atoms with Crippen LogP contribution in [0.4, 0.5) is 0 Å². The maximum Gasteiger partial charge on any atom is 0.0771 e. The topological polar surface area (TPSA) is 41.5 Å². The zero-order valence-corrected chi connectivity index (χ0v) is 11.4. The molecule has 3 aliphatic rings. The van der Waals surface area contributed by atoms with Crippen molar-refractivity contribution in [3.05, 3.63) is 0 Å². The highest BCUT2D eigenvalue weighted by Gasteiger charge is 2.42. The number of aliphatic hydroxyl groups is 1. The van der Waals surface area contributed by atoms with Crippen LogP contribution in [0.2, 0.25) is 0 Å². The minimum absolute atomic E-state index is 0.247. The van der Waals surface area contributed by atoms with Crippen molar-refractivity contribution in [2.45, 2.75) is 81.5 Å². The molecule has 1 heterocycles. The van der Waals surface area contributed by atoms with Crippen LogP contribution in [0, 0.1) is 0 Å². The fourth-order valence-electron chi connectivity index (χ4n) is 4.10. The summed E-state index contributed by atoms with van der Waals surface area (Å²) in [6.45, 7) is 1.67. The first kappa shape index (κ1) is 12.9. The SMILES string of the molecule is OC1(CNCC2CCC3(CCCC3)O2)CCCC1. The Balaban J connectivity index is 1.39. The van der Waals surface area contributed by atoms with Crippen molar-refractivity contribution >= 4 is 0 Å². The van der Waals surface area contributed by atoms with Crippen molar-refractivity contribution in [2.24, 2.45) is 0 Å². The van der Waals surface area contributed by atoms with Gasteiger partial charge in [0.2, 0.25) is 0 Å². The van der Waals surface area contributed by atoms with Crippen molar-refractivity contribution in [1.82, 2.24) is 5.32 Å². The summed E-state index contributed by atoms with van der Waals surface area (Å²) >= 11 is 0. The lowest BCUT2D eigenvalue weighted by atomic mass is 9.98. The summed E-state index contributed by atoms with van der Waals surface area (Å²) in [4.78, 5) is 0. The third kappa shape index (κ3) is 2.73. The first-order valence-corrected chi connectivity index (χ1v) is 7.81. The summed E-state index contributed by atoms with van der Waals surface area (Å²) in [5, 5.41) is 13.7. The Kier molecular flexibility index (Phi) is 3.65. The monoisotopic (exact) mass is 253 g/mol. The summed E-state index contributed by atoms with van der Waals surface area (Å²) in [6, 6.07) is 0. The van der Waals surface area contributed by atoms with Gasteiger partial charge in [-0.1, -0.05) is 25.7 Å². The van der Waals surface area contributed by atoms with Crippen LogP contribution in [-0.2, 0) is 4.74 Å². The van der Waals surface area contributed by atoms with Crippen LogP contribution >= 0.6 is 0 Å². The molecule has 3 nitrogen and oxygen atoms in total. The van der Waals surface area contributed by atoms with Gasteiger partial charge in [-0.2, -0.15) is 0 Å². The van der Waals surface area contributed by atoms with Gasteiger partial charge in [0.05, 0.1) is 17.3 Å². The average molecular weight is 253 g/mol. The van der Waals surface area contributed by atoms with Crippen LogP contribution < -0.4 is 5.32 Å². The van der Waals surface area contributed by atoms with Gasteiger partial charge in [0.15, 0.2) is 0 Å². The van der Waals surface area contributed by atoms with Crippen molar-refractivity contribution in [2.75, 3.05) is 13.1 Å². The van der Waals surface area contributed by atoms with E-state index in [4.69, 9.17) is 4.74 Å². The fraction of sp³-hybridized carbons (Fsp3) is 1.00. The third-order valence-corrected chi connectivity index (χ3v) is 5.21. The maximum atomic E-state index is 10.3. The van der Waals surface area contributed by atoms with E-state index in [1.54, 1.807) is 0 Å². The molecule has 0 aromatic heterocycles. The fourth-order valence-corrected chi connectivity index (χ4v) is 4.10. The molecule has 2 aliphatic carbocycles. The largest absolute Gasteiger partial charge is 0.389 e. The van der Waals surface area contributed by atoms with Crippen LogP contribution in [0.3, 0.4) is 0 Å². The van der Waals surface area contributed by atoms with Gasteiger partial charge in [0.25, 0.3) is 0 Å². The summed E-state index contributed by atoms with van der Waals surface area (Å²) in [5.74, 6) is 0. The van der Waals surface area contributed by atoms with Crippen LogP contribution in [0.5, 0.6) is 0 Å². The zero-order valence-electron chi connectivity index (χ0n) is 11.4. The van der Waals surface area contributed by atoms with E-state index in [1.165, 1.54) is 51.4 Å². The number of rotatable bonds is 4. The Morgan fingerprint density at radius 2 is 1.67 bits per heavy atom. The standard InChI is InChI=1S/C15H27NO2/c17-14(6-1-2-7-14)12-16-11-13-5-10-15(18-13)8-3-4-9-15/h13,16-17H,1-12H2. The van der Waals surface area contributed by atoms with Gasteiger partial charge in [-0.3, -0.25) is 0 Å². The van der Waals surface area contributed by atoms with Gasteiger partial charge in [-0.15, -0.1) is 0 Å². The molecule has 3 rings (SSSR count). The molecule has 1 aliphatic heterocycles. The molecular formula is C15H27NO2. The normalized spacial score (nSPS) is 33.5. The second-order valence-corrected chi connectivity index (χ2v) is 6.73. The van der Waals surface area contributed by atoms with Crippen LogP contribution in [0.25, 0.3) is 0 Å². The molecule has 0 aromatic carbocycles. The lowest BCUT2D eigenvalue weighted by Gasteiger charge is -2.26. The molecule has 0 amide bonds. The second kappa shape index (κ2) is 5.10. The smallest absolute Gasteiger partial charge is 0.0771 e. The Hall–Kier alpha value is -0.120. The highest BCUT2D eigenvalue weighted by molar-refractivity contribution is 4.94. The van der Waals surface area contributed by atoms with E-state index in [1.807, 2.05) is 0 Å². The lowest BCUT2D eigenvalue weighted by molar-refractivity contribution is -0.0374. The van der Waals surface area contributed by atoms with Crippen LogP contribution in [-0.4, -0.2) is 35.5 Å². The minimum atomic E-state index is -0.427. The quantitative estimate of drug-likeness (QED) is 0.808. The van der Waals surface area contributed by atoms with E-state index >= 15 is 0 Å². The number of hydrogen-bond donors (Lipinski definition) is 2. The van der Waals surface area contributed by atoms with Gasteiger partial charge < -0.3 is 15.2 Å². The highest BCUT2D eigenvalue weighted by atomic mass is 16.5. The number of ether oxygens (including phenoxy) is 1. The van der Waals surface area contributed by atoms with E-state index in [0.29, 0.717) is 6.10 Å². The van der Waals surface area contributed by atoms with E-state index in [9.17, 15) is 5.11 Å². The van der Waals surface area contributed by atoms with Crippen LogP contribution in [0.1, 0.15) is 64.2 Å². The first-order chi connectivity index (χ1) is 8.70. The Morgan fingerprint density at radius 3 is 2.39 bits per heavy atom. The summed E-state index contributed by atoms with van der Waals surface area (Å²) in [6.07, 6.45) is 12.4. The summed E-state index contributed by atoms with van der Waals surface area (Å²) < 4.78 is 6.26.